The smallest absolute Gasteiger partial charge is 0.285 e. The zero-order valence-electron chi connectivity index (χ0n) is 19.8. The molecule has 2 aliphatic heterocycles. The van der Waals surface area contributed by atoms with Crippen molar-refractivity contribution < 1.29 is 13.2 Å². The van der Waals surface area contributed by atoms with E-state index in [1.165, 1.54) is 0 Å². The second kappa shape index (κ2) is 8.60. The number of nitrogens with one attached hydrogen (secondary N) is 1. The first kappa shape index (κ1) is 22.5. The number of para-hydroxylation sites is 2. The minimum absolute atomic E-state index is 0.0376. The number of carbonyl (C=O) groups is 1. The lowest BCUT2D eigenvalue weighted by Gasteiger charge is -2.35. The summed E-state index contributed by atoms with van der Waals surface area (Å²) in [6, 6.07) is 21.7. The standard InChI is InChI=1S/C27H25N5O3S/c1-31-22-10-4-3-9-21(22)29-26(31)23-11-6-7-17-32(23)27(33)18-13-15-19(16-14-18)28-25-20-8-2-5-12-24(20)36(34,35)30-25/h2-5,8-10,12-16,23H,6-7,11,17H2,1H3,(H,28,30). The Morgan fingerprint density at radius 3 is 2.53 bits per heavy atom. The maximum atomic E-state index is 13.6. The monoisotopic (exact) mass is 499 g/mol. The van der Waals surface area contributed by atoms with E-state index in [9.17, 15) is 13.2 Å². The fourth-order valence-corrected chi connectivity index (χ4v) is 6.28. The van der Waals surface area contributed by atoms with Crippen LogP contribution in [-0.2, 0) is 17.1 Å². The van der Waals surface area contributed by atoms with Crippen LogP contribution in [0.15, 0.2) is 82.1 Å². The van der Waals surface area contributed by atoms with Crippen molar-refractivity contribution in [3.05, 3.63) is 89.7 Å². The first-order chi connectivity index (χ1) is 17.4. The summed E-state index contributed by atoms with van der Waals surface area (Å²) >= 11 is 0. The predicted molar refractivity (Wildman–Crippen MR) is 139 cm³/mol. The van der Waals surface area contributed by atoms with Crippen LogP contribution in [-0.4, -0.2) is 41.2 Å². The summed E-state index contributed by atoms with van der Waals surface area (Å²) in [4.78, 5) is 20.6. The number of benzene rings is 3. The highest BCUT2D eigenvalue weighted by Gasteiger charge is 2.32. The molecule has 1 atom stereocenters. The lowest BCUT2D eigenvalue weighted by Crippen LogP contribution is -2.39. The lowest BCUT2D eigenvalue weighted by molar-refractivity contribution is 0.0597. The molecule has 2 aliphatic rings. The van der Waals surface area contributed by atoms with E-state index in [0.29, 0.717) is 23.4 Å². The van der Waals surface area contributed by atoms with Gasteiger partial charge in [0.15, 0.2) is 5.84 Å². The zero-order chi connectivity index (χ0) is 24.9. The van der Waals surface area contributed by atoms with Crippen LogP contribution >= 0.6 is 0 Å². The molecule has 1 N–H and O–H groups in total. The molecule has 3 heterocycles. The number of aryl methyl sites for hydroxylation is 1. The molecule has 1 saturated heterocycles. The van der Waals surface area contributed by atoms with Crippen molar-refractivity contribution in [1.82, 2.24) is 14.5 Å². The van der Waals surface area contributed by atoms with Crippen LogP contribution in [0.4, 0.5) is 5.69 Å². The molecule has 8 nitrogen and oxygen atoms in total. The Balaban J connectivity index is 1.25. The minimum atomic E-state index is -3.70. The first-order valence-corrected chi connectivity index (χ1v) is 13.4. The molecule has 182 valence electrons. The molecule has 3 aromatic carbocycles. The van der Waals surface area contributed by atoms with Gasteiger partial charge in [-0.05, 0) is 67.8 Å². The summed E-state index contributed by atoms with van der Waals surface area (Å²) in [6.07, 6.45) is 2.88. The van der Waals surface area contributed by atoms with Crippen LogP contribution in [0.1, 0.15) is 47.1 Å². The number of carbonyl (C=O) groups excluding carboxylic acids is 1. The number of fused-ring (bicyclic) bond motifs is 2. The van der Waals surface area contributed by atoms with Gasteiger partial charge in [0.05, 0.1) is 17.1 Å². The van der Waals surface area contributed by atoms with Crippen LogP contribution in [0.2, 0.25) is 0 Å². The average Bonchev–Trinajstić information content (AvgIpc) is 3.37. The third-order valence-electron chi connectivity index (χ3n) is 6.91. The van der Waals surface area contributed by atoms with Gasteiger partial charge in [-0.25, -0.2) is 4.98 Å². The number of likely N-dealkylation sites (tertiary alicyclic amines) is 1. The highest BCUT2D eigenvalue weighted by atomic mass is 32.2. The average molecular weight is 500 g/mol. The number of nitrogens with zero attached hydrogens (tertiary/aromatic N) is 4. The van der Waals surface area contributed by atoms with E-state index < -0.39 is 10.0 Å². The van der Waals surface area contributed by atoms with Gasteiger partial charge in [-0.3, -0.25) is 4.79 Å². The van der Waals surface area contributed by atoms with Gasteiger partial charge >= 0.3 is 0 Å². The summed E-state index contributed by atoms with van der Waals surface area (Å²) in [5.74, 6) is 1.15. The van der Waals surface area contributed by atoms with Crippen molar-refractivity contribution in [3.8, 4) is 0 Å². The molecule has 0 spiro atoms. The van der Waals surface area contributed by atoms with Crippen molar-refractivity contribution in [2.24, 2.45) is 11.4 Å². The Labute approximate surface area is 209 Å². The van der Waals surface area contributed by atoms with E-state index in [4.69, 9.17) is 4.98 Å². The van der Waals surface area contributed by atoms with Crippen LogP contribution in [0, 0.1) is 0 Å². The highest BCUT2D eigenvalue weighted by Crippen LogP contribution is 2.33. The van der Waals surface area contributed by atoms with Crippen LogP contribution in [0.25, 0.3) is 11.0 Å². The number of hydrogen-bond donors (Lipinski definition) is 1. The molecule has 1 amide bonds. The molecule has 1 aromatic heterocycles. The molecule has 4 aromatic rings. The number of sulfonamides is 1. The largest absolute Gasteiger partial charge is 0.339 e. The molecule has 36 heavy (non-hydrogen) atoms. The van der Waals surface area contributed by atoms with Gasteiger partial charge in [-0.15, -0.1) is 4.40 Å². The van der Waals surface area contributed by atoms with Gasteiger partial charge < -0.3 is 14.8 Å². The Morgan fingerprint density at radius 1 is 0.972 bits per heavy atom. The van der Waals surface area contributed by atoms with Crippen molar-refractivity contribution in [2.75, 3.05) is 11.9 Å². The zero-order valence-corrected chi connectivity index (χ0v) is 20.6. The molecule has 0 bridgehead atoms. The van der Waals surface area contributed by atoms with Gasteiger partial charge in [0, 0.05) is 30.4 Å². The lowest BCUT2D eigenvalue weighted by atomic mass is 10.00. The summed E-state index contributed by atoms with van der Waals surface area (Å²) in [5, 5.41) is 3.09. The molecular formula is C27H25N5O3S. The maximum absolute atomic E-state index is 13.6. The second-order valence-corrected chi connectivity index (χ2v) is 10.7. The number of hydrogen-bond acceptors (Lipinski definition) is 5. The number of amidine groups is 1. The molecule has 0 radical (unpaired) electrons. The Morgan fingerprint density at radius 2 is 1.72 bits per heavy atom. The molecule has 1 unspecified atom stereocenters. The molecule has 1 fully saturated rings. The molecule has 6 rings (SSSR count). The summed E-state index contributed by atoms with van der Waals surface area (Å²) in [7, 11) is -1.69. The predicted octanol–water partition coefficient (Wildman–Crippen LogP) is 4.50. The minimum Gasteiger partial charge on any atom is -0.339 e. The number of anilines is 1. The number of imidazole rings is 1. The maximum Gasteiger partial charge on any atom is 0.285 e. The second-order valence-electron chi connectivity index (χ2n) is 9.14. The van der Waals surface area contributed by atoms with Gasteiger partial charge in [0.1, 0.15) is 10.7 Å². The Hall–Kier alpha value is -3.98. The van der Waals surface area contributed by atoms with Crippen molar-refractivity contribution in [2.45, 2.75) is 30.2 Å². The molecule has 0 saturated carbocycles. The third kappa shape index (κ3) is 3.76. The Kier molecular flexibility index (Phi) is 5.37. The molecule has 9 heteroatoms. The topological polar surface area (TPSA) is 96.7 Å². The van der Waals surface area contributed by atoms with Crippen molar-refractivity contribution in [3.63, 3.8) is 0 Å². The summed E-state index contributed by atoms with van der Waals surface area (Å²) in [6.45, 7) is 0.679. The quantitative estimate of drug-likeness (QED) is 0.448. The van der Waals surface area contributed by atoms with Crippen molar-refractivity contribution in [1.29, 1.82) is 0 Å². The normalized spacial score (nSPS) is 18.6. The van der Waals surface area contributed by atoms with E-state index in [1.807, 2.05) is 36.2 Å². The van der Waals surface area contributed by atoms with Gasteiger partial charge in [0.2, 0.25) is 0 Å². The third-order valence-corrected chi connectivity index (χ3v) is 8.24. The highest BCUT2D eigenvalue weighted by molar-refractivity contribution is 7.90. The number of piperidine rings is 1. The number of amides is 1. The summed E-state index contributed by atoms with van der Waals surface area (Å²) in [5.41, 5.74) is 3.76. The number of rotatable bonds is 3. The fraction of sp³-hybridized carbons (Fsp3) is 0.222. The van der Waals surface area contributed by atoms with Crippen LogP contribution in [0.3, 0.4) is 0 Å². The molecule has 0 aliphatic carbocycles. The van der Waals surface area contributed by atoms with E-state index in [0.717, 1.165) is 36.1 Å². The van der Waals surface area contributed by atoms with E-state index in [-0.39, 0.29) is 22.7 Å². The molecular weight excluding hydrogens is 474 g/mol. The van der Waals surface area contributed by atoms with E-state index in [2.05, 4.69) is 14.3 Å². The van der Waals surface area contributed by atoms with Gasteiger partial charge in [-0.2, -0.15) is 8.42 Å². The van der Waals surface area contributed by atoms with Crippen LogP contribution < -0.4 is 5.32 Å². The SMILES string of the molecule is Cn1c(C2CCCCN2C(=O)c2ccc(NC3=NS(=O)(=O)c4ccccc43)cc2)nc2ccccc21. The van der Waals surface area contributed by atoms with Gasteiger partial charge in [0.25, 0.3) is 15.9 Å². The summed E-state index contributed by atoms with van der Waals surface area (Å²) < 4.78 is 30.6. The van der Waals surface area contributed by atoms with Gasteiger partial charge in [-0.1, -0.05) is 24.3 Å². The fourth-order valence-electron chi connectivity index (χ4n) is 5.10. The van der Waals surface area contributed by atoms with Crippen LogP contribution in [0.5, 0.6) is 0 Å². The first-order valence-electron chi connectivity index (χ1n) is 12.0. The van der Waals surface area contributed by atoms with Crippen molar-refractivity contribution >= 4 is 38.5 Å². The number of aromatic nitrogens is 2. The van der Waals surface area contributed by atoms with E-state index in [1.54, 1.807) is 48.5 Å². The Bertz CT molecular complexity index is 1620. The van der Waals surface area contributed by atoms with E-state index >= 15 is 0 Å².